The number of para-hydroxylation sites is 2. The van der Waals surface area contributed by atoms with E-state index in [1.807, 2.05) is 42.5 Å². The van der Waals surface area contributed by atoms with E-state index in [0.717, 1.165) is 16.6 Å². The summed E-state index contributed by atoms with van der Waals surface area (Å²) in [7, 11) is 0. The van der Waals surface area contributed by atoms with Crippen LogP contribution >= 0.6 is 0 Å². The molecule has 4 aromatic rings. The van der Waals surface area contributed by atoms with E-state index < -0.39 is 0 Å². The van der Waals surface area contributed by atoms with Gasteiger partial charge in [0, 0.05) is 6.54 Å². The van der Waals surface area contributed by atoms with Gasteiger partial charge in [-0.05, 0) is 17.7 Å². The van der Waals surface area contributed by atoms with Crippen LogP contribution in [-0.2, 0) is 6.54 Å². The third kappa shape index (κ3) is 2.50. The average Bonchev–Trinajstić information content (AvgIpc) is 3.16. The second-order valence-corrected chi connectivity index (χ2v) is 5.30. The Hall–Kier alpha value is -3.28. The van der Waals surface area contributed by atoms with Gasteiger partial charge in [0.05, 0.1) is 11.0 Å². The predicted molar refractivity (Wildman–Crippen MR) is 91.9 cm³/mol. The van der Waals surface area contributed by atoms with Crippen LogP contribution in [0.3, 0.4) is 0 Å². The molecule has 114 valence electrons. The standard InChI is InChI=1S/C17H16N6/c18-15-14(17-20-12-8-4-5-9-13(12)21-17)16(23-22-15)19-10-11-6-2-1-3-7-11/h1-9H,10H2,(H,20,21)(H4,18,19,22,23). The smallest absolute Gasteiger partial charge is 0.161 e. The Morgan fingerprint density at radius 3 is 2.61 bits per heavy atom. The van der Waals surface area contributed by atoms with E-state index in [4.69, 9.17) is 5.73 Å². The minimum absolute atomic E-state index is 0.486. The Morgan fingerprint density at radius 2 is 1.78 bits per heavy atom. The van der Waals surface area contributed by atoms with Gasteiger partial charge < -0.3 is 16.0 Å². The number of aromatic amines is 2. The lowest BCUT2D eigenvalue weighted by Crippen LogP contribution is -2.01. The molecule has 0 amide bonds. The van der Waals surface area contributed by atoms with E-state index in [9.17, 15) is 0 Å². The lowest BCUT2D eigenvalue weighted by Gasteiger charge is -2.05. The second kappa shape index (κ2) is 5.49. The molecule has 2 aromatic carbocycles. The molecule has 0 aliphatic rings. The predicted octanol–water partition coefficient (Wildman–Crippen LogP) is 3.15. The minimum atomic E-state index is 0.486. The van der Waals surface area contributed by atoms with Gasteiger partial charge in [-0.1, -0.05) is 42.5 Å². The summed E-state index contributed by atoms with van der Waals surface area (Å²) in [6, 6.07) is 18.0. The van der Waals surface area contributed by atoms with Crippen LogP contribution in [0.5, 0.6) is 0 Å². The summed E-state index contributed by atoms with van der Waals surface area (Å²) in [6.07, 6.45) is 0. The summed E-state index contributed by atoms with van der Waals surface area (Å²) in [6.45, 7) is 0.665. The average molecular weight is 304 g/mol. The number of hydrogen-bond donors (Lipinski definition) is 4. The van der Waals surface area contributed by atoms with Crippen molar-refractivity contribution >= 4 is 22.7 Å². The quantitative estimate of drug-likeness (QED) is 0.466. The van der Waals surface area contributed by atoms with Gasteiger partial charge in [0.2, 0.25) is 0 Å². The van der Waals surface area contributed by atoms with Crippen LogP contribution in [0, 0.1) is 0 Å². The summed E-state index contributed by atoms with van der Waals surface area (Å²) in [5.74, 6) is 1.87. The van der Waals surface area contributed by atoms with Gasteiger partial charge in [0.1, 0.15) is 17.2 Å². The molecule has 0 atom stereocenters. The highest BCUT2D eigenvalue weighted by atomic mass is 15.2. The van der Waals surface area contributed by atoms with E-state index in [2.05, 4.69) is 37.6 Å². The largest absolute Gasteiger partial charge is 0.383 e. The van der Waals surface area contributed by atoms with Crippen molar-refractivity contribution in [2.75, 3.05) is 11.1 Å². The number of aromatic nitrogens is 4. The van der Waals surface area contributed by atoms with Crippen molar-refractivity contribution in [2.45, 2.75) is 6.54 Å². The van der Waals surface area contributed by atoms with Gasteiger partial charge in [-0.25, -0.2) is 4.98 Å². The Labute approximate surface area is 132 Å². The molecule has 0 aliphatic heterocycles. The molecular formula is C17H16N6. The number of nitrogens with zero attached hydrogens (tertiary/aromatic N) is 2. The van der Waals surface area contributed by atoms with Crippen LogP contribution in [-0.4, -0.2) is 20.2 Å². The molecule has 6 nitrogen and oxygen atoms in total. The number of nitrogen functional groups attached to an aromatic ring is 1. The first-order valence-electron chi connectivity index (χ1n) is 7.38. The number of H-pyrrole nitrogens is 2. The third-order valence-corrected chi connectivity index (χ3v) is 3.72. The van der Waals surface area contributed by atoms with E-state index in [-0.39, 0.29) is 0 Å². The summed E-state index contributed by atoms with van der Waals surface area (Å²) >= 11 is 0. The summed E-state index contributed by atoms with van der Waals surface area (Å²) in [5, 5.41) is 10.4. The van der Waals surface area contributed by atoms with Crippen molar-refractivity contribution in [1.82, 2.24) is 20.2 Å². The monoisotopic (exact) mass is 304 g/mol. The van der Waals surface area contributed by atoms with Crippen molar-refractivity contribution in [3.63, 3.8) is 0 Å². The van der Waals surface area contributed by atoms with Gasteiger partial charge >= 0.3 is 0 Å². The lowest BCUT2D eigenvalue weighted by molar-refractivity contribution is 1.05. The molecular weight excluding hydrogens is 288 g/mol. The molecule has 0 unspecified atom stereocenters. The Kier molecular flexibility index (Phi) is 3.20. The molecule has 4 rings (SSSR count). The maximum atomic E-state index is 6.05. The van der Waals surface area contributed by atoms with Gasteiger partial charge in [-0.3, -0.25) is 5.10 Å². The van der Waals surface area contributed by atoms with Crippen LogP contribution in [0.2, 0.25) is 0 Å². The Morgan fingerprint density at radius 1 is 1.00 bits per heavy atom. The third-order valence-electron chi connectivity index (χ3n) is 3.72. The molecule has 0 saturated heterocycles. The first-order valence-corrected chi connectivity index (χ1v) is 7.38. The zero-order chi connectivity index (χ0) is 15.6. The normalized spacial score (nSPS) is 11.0. The zero-order valence-corrected chi connectivity index (χ0v) is 12.4. The molecule has 0 bridgehead atoms. The number of imidazole rings is 1. The molecule has 2 heterocycles. The van der Waals surface area contributed by atoms with Crippen LogP contribution in [0.25, 0.3) is 22.4 Å². The van der Waals surface area contributed by atoms with Crippen LogP contribution in [0.15, 0.2) is 54.6 Å². The van der Waals surface area contributed by atoms with Crippen LogP contribution < -0.4 is 11.1 Å². The first-order chi connectivity index (χ1) is 11.3. The Balaban J connectivity index is 1.67. The Bertz CT molecular complexity index is 905. The SMILES string of the molecule is Nc1[nH]nc(NCc2ccccc2)c1-c1nc2ccccc2[nH]1. The number of nitrogens with two attached hydrogens (primary N) is 1. The highest BCUT2D eigenvalue weighted by molar-refractivity contribution is 5.86. The molecule has 6 heteroatoms. The molecule has 0 saturated carbocycles. The minimum Gasteiger partial charge on any atom is -0.383 e. The fourth-order valence-electron chi connectivity index (χ4n) is 2.58. The molecule has 0 radical (unpaired) electrons. The molecule has 0 aliphatic carbocycles. The van der Waals surface area contributed by atoms with Crippen LogP contribution in [0.4, 0.5) is 11.6 Å². The second-order valence-electron chi connectivity index (χ2n) is 5.30. The maximum Gasteiger partial charge on any atom is 0.161 e. The topological polar surface area (TPSA) is 95.4 Å². The summed E-state index contributed by atoms with van der Waals surface area (Å²) in [4.78, 5) is 7.88. The highest BCUT2D eigenvalue weighted by Gasteiger charge is 2.16. The number of anilines is 2. The molecule has 2 aromatic heterocycles. The summed E-state index contributed by atoms with van der Waals surface area (Å²) in [5.41, 5.74) is 9.85. The summed E-state index contributed by atoms with van der Waals surface area (Å²) < 4.78 is 0. The van der Waals surface area contributed by atoms with E-state index in [0.29, 0.717) is 24.0 Å². The van der Waals surface area contributed by atoms with Crippen molar-refractivity contribution in [1.29, 1.82) is 0 Å². The van der Waals surface area contributed by atoms with E-state index in [1.54, 1.807) is 0 Å². The van der Waals surface area contributed by atoms with E-state index >= 15 is 0 Å². The molecule has 23 heavy (non-hydrogen) atoms. The van der Waals surface area contributed by atoms with Crippen molar-refractivity contribution < 1.29 is 0 Å². The molecule has 0 fully saturated rings. The van der Waals surface area contributed by atoms with Gasteiger partial charge in [-0.15, -0.1) is 0 Å². The number of benzene rings is 2. The molecule has 0 spiro atoms. The maximum absolute atomic E-state index is 6.05. The zero-order valence-electron chi connectivity index (χ0n) is 12.4. The lowest BCUT2D eigenvalue weighted by atomic mass is 10.2. The van der Waals surface area contributed by atoms with Gasteiger partial charge in [-0.2, -0.15) is 5.10 Å². The fourth-order valence-corrected chi connectivity index (χ4v) is 2.58. The van der Waals surface area contributed by atoms with Crippen molar-refractivity contribution in [3.05, 3.63) is 60.2 Å². The van der Waals surface area contributed by atoms with E-state index in [1.165, 1.54) is 5.56 Å². The number of fused-ring (bicyclic) bond motifs is 1. The van der Waals surface area contributed by atoms with Gasteiger partial charge in [0.15, 0.2) is 5.82 Å². The fraction of sp³-hybridized carbons (Fsp3) is 0.0588. The van der Waals surface area contributed by atoms with Crippen molar-refractivity contribution in [2.24, 2.45) is 0 Å². The van der Waals surface area contributed by atoms with Gasteiger partial charge in [0.25, 0.3) is 0 Å². The van der Waals surface area contributed by atoms with Crippen molar-refractivity contribution in [3.8, 4) is 11.4 Å². The first kappa shape index (κ1) is 13.4. The van der Waals surface area contributed by atoms with Crippen LogP contribution in [0.1, 0.15) is 5.56 Å². The number of hydrogen-bond acceptors (Lipinski definition) is 4. The number of rotatable bonds is 4. The molecule has 5 N–H and O–H groups in total. The number of nitrogens with one attached hydrogen (secondary N) is 3. The highest BCUT2D eigenvalue weighted by Crippen LogP contribution is 2.31.